The fourth-order valence-electron chi connectivity index (χ4n) is 3.42. The van der Waals surface area contributed by atoms with E-state index >= 15 is 0 Å². The molecule has 28 heavy (non-hydrogen) atoms. The molecule has 1 saturated heterocycles. The van der Waals surface area contributed by atoms with Gasteiger partial charge in [0.15, 0.2) is 0 Å². The van der Waals surface area contributed by atoms with E-state index in [1.165, 1.54) is 0 Å². The summed E-state index contributed by atoms with van der Waals surface area (Å²) in [4.78, 5) is 13.5. The first-order chi connectivity index (χ1) is 13.6. The van der Waals surface area contributed by atoms with Crippen LogP contribution in [-0.4, -0.2) is 38.2 Å². The first-order valence-corrected chi connectivity index (χ1v) is 9.58. The minimum absolute atomic E-state index is 0.223. The SMILES string of the molecule is O=C(OC1CCNCC1)C(OCCC(F)F)(c1ccccc1)c1ccccc1. The summed E-state index contributed by atoms with van der Waals surface area (Å²) in [7, 11) is 0. The fraction of sp³-hybridized carbons (Fsp3) is 0.409. The molecule has 2 aromatic carbocycles. The molecule has 0 aliphatic carbocycles. The van der Waals surface area contributed by atoms with Crippen LogP contribution in [0.4, 0.5) is 8.78 Å². The Balaban J connectivity index is 1.99. The van der Waals surface area contributed by atoms with Crippen LogP contribution in [0.2, 0.25) is 0 Å². The van der Waals surface area contributed by atoms with E-state index in [1.54, 1.807) is 48.5 Å². The van der Waals surface area contributed by atoms with E-state index in [2.05, 4.69) is 5.32 Å². The van der Waals surface area contributed by atoms with Gasteiger partial charge in [-0.1, -0.05) is 60.7 Å². The quantitative estimate of drug-likeness (QED) is 0.696. The number of esters is 1. The summed E-state index contributed by atoms with van der Waals surface area (Å²) in [5.74, 6) is -0.564. The number of nitrogens with one attached hydrogen (secondary N) is 1. The Labute approximate surface area is 163 Å². The van der Waals surface area contributed by atoms with Gasteiger partial charge in [-0.2, -0.15) is 0 Å². The Morgan fingerprint density at radius 3 is 2.04 bits per heavy atom. The van der Waals surface area contributed by atoms with E-state index in [9.17, 15) is 13.6 Å². The van der Waals surface area contributed by atoms with E-state index in [0.717, 1.165) is 13.1 Å². The second-order valence-corrected chi connectivity index (χ2v) is 6.80. The van der Waals surface area contributed by atoms with E-state index in [1.807, 2.05) is 12.1 Å². The van der Waals surface area contributed by atoms with Crippen LogP contribution in [0.1, 0.15) is 30.4 Å². The smallest absolute Gasteiger partial charge is 0.348 e. The number of benzene rings is 2. The van der Waals surface area contributed by atoms with Gasteiger partial charge in [0.1, 0.15) is 6.10 Å². The van der Waals surface area contributed by atoms with Crippen LogP contribution in [0.5, 0.6) is 0 Å². The average molecular weight is 389 g/mol. The lowest BCUT2D eigenvalue weighted by Crippen LogP contribution is -2.45. The van der Waals surface area contributed by atoms with Crippen LogP contribution in [0, 0.1) is 0 Å². The highest BCUT2D eigenvalue weighted by Gasteiger charge is 2.46. The molecule has 2 aromatic rings. The van der Waals surface area contributed by atoms with Crippen LogP contribution in [0.25, 0.3) is 0 Å². The largest absolute Gasteiger partial charge is 0.460 e. The Hall–Kier alpha value is -2.31. The van der Waals surface area contributed by atoms with Crippen molar-refractivity contribution >= 4 is 5.97 Å². The third-order valence-corrected chi connectivity index (χ3v) is 4.86. The van der Waals surface area contributed by atoms with Gasteiger partial charge in [0.05, 0.1) is 6.61 Å². The van der Waals surface area contributed by atoms with Crippen molar-refractivity contribution in [1.29, 1.82) is 0 Å². The third-order valence-electron chi connectivity index (χ3n) is 4.86. The zero-order valence-corrected chi connectivity index (χ0v) is 15.7. The lowest BCUT2D eigenvalue weighted by atomic mass is 9.85. The molecule has 0 bridgehead atoms. The Morgan fingerprint density at radius 2 is 1.54 bits per heavy atom. The second kappa shape index (κ2) is 9.75. The summed E-state index contributed by atoms with van der Waals surface area (Å²) in [5, 5.41) is 3.23. The number of carbonyl (C=O) groups excluding carboxylic acids is 1. The number of ether oxygens (including phenoxy) is 2. The van der Waals surface area contributed by atoms with Crippen LogP contribution >= 0.6 is 0 Å². The van der Waals surface area contributed by atoms with Crippen molar-refractivity contribution < 1.29 is 23.0 Å². The number of alkyl halides is 2. The molecule has 1 N–H and O–H groups in total. The first kappa shape index (κ1) is 20.4. The molecule has 3 rings (SSSR count). The van der Waals surface area contributed by atoms with Gasteiger partial charge in [0.2, 0.25) is 12.0 Å². The van der Waals surface area contributed by atoms with Crippen molar-refractivity contribution in [1.82, 2.24) is 5.32 Å². The summed E-state index contributed by atoms with van der Waals surface area (Å²) < 4.78 is 37.3. The zero-order chi connectivity index (χ0) is 19.8. The summed E-state index contributed by atoms with van der Waals surface area (Å²) >= 11 is 0. The number of hydrogen-bond acceptors (Lipinski definition) is 4. The van der Waals surface area contributed by atoms with Gasteiger partial charge >= 0.3 is 5.97 Å². The van der Waals surface area contributed by atoms with E-state index in [4.69, 9.17) is 9.47 Å². The maximum Gasteiger partial charge on any atom is 0.348 e. The lowest BCUT2D eigenvalue weighted by Gasteiger charge is -2.35. The molecule has 0 radical (unpaired) electrons. The van der Waals surface area contributed by atoms with Gasteiger partial charge in [0, 0.05) is 6.42 Å². The van der Waals surface area contributed by atoms with E-state index < -0.39 is 24.4 Å². The van der Waals surface area contributed by atoms with Gasteiger partial charge in [0.25, 0.3) is 0 Å². The molecule has 1 fully saturated rings. The first-order valence-electron chi connectivity index (χ1n) is 9.58. The molecular weight excluding hydrogens is 364 g/mol. The number of piperidine rings is 1. The number of rotatable bonds is 8. The molecule has 0 amide bonds. The summed E-state index contributed by atoms with van der Waals surface area (Å²) in [5.41, 5.74) is -0.453. The van der Waals surface area contributed by atoms with Crippen LogP contribution < -0.4 is 5.32 Å². The van der Waals surface area contributed by atoms with E-state index in [0.29, 0.717) is 24.0 Å². The van der Waals surface area contributed by atoms with Crippen molar-refractivity contribution in [3.8, 4) is 0 Å². The van der Waals surface area contributed by atoms with Crippen LogP contribution in [-0.2, 0) is 19.9 Å². The number of halogens is 2. The molecular formula is C22H25F2NO3. The van der Waals surface area contributed by atoms with Gasteiger partial charge in [-0.05, 0) is 37.1 Å². The molecule has 1 heterocycles. The maximum absolute atomic E-state index is 13.5. The Kier molecular flexibility index (Phi) is 7.12. The molecule has 6 heteroatoms. The number of hydrogen-bond donors (Lipinski definition) is 1. The molecule has 0 atom stereocenters. The predicted octanol–water partition coefficient (Wildman–Crippen LogP) is 3.90. The predicted molar refractivity (Wildman–Crippen MR) is 102 cm³/mol. The summed E-state index contributed by atoms with van der Waals surface area (Å²) in [6.45, 7) is 1.28. The second-order valence-electron chi connectivity index (χ2n) is 6.80. The monoisotopic (exact) mass is 389 g/mol. The van der Waals surface area contributed by atoms with Crippen molar-refractivity contribution in [3.05, 3.63) is 71.8 Å². The Bertz CT molecular complexity index is 694. The van der Waals surface area contributed by atoms with Gasteiger partial charge in [-0.3, -0.25) is 0 Å². The molecule has 150 valence electrons. The highest BCUT2D eigenvalue weighted by Crippen LogP contribution is 2.36. The van der Waals surface area contributed by atoms with Gasteiger partial charge in [-0.15, -0.1) is 0 Å². The summed E-state index contributed by atoms with van der Waals surface area (Å²) in [6, 6.07) is 17.9. The maximum atomic E-state index is 13.5. The van der Waals surface area contributed by atoms with Crippen molar-refractivity contribution in [2.45, 2.75) is 37.4 Å². The summed E-state index contributed by atoms with van der Waals surface area (Å²) in [6.07, 6.45) is -1.77. The molecule has 1 aliphatic heterocycles. The van der Waals surface area contributed by atoms with Gasteiger partial charge in [-0.25, -0.2) is 13.6 Å². The highest BCUT2D eigenvalue weighted by molar-refractivity contribution is 5.86. The fourth-order valence-corrected chi connectivity index (χ4v) is 3.42. The highest BCUT2D eigenvalue weighted by atomic mass is 19.3. The third kappa shape index (κ3) is 4.75. The lowest BCUT2D eigenvalue weighted by molar-refractivity contribution is -0.176. The number of carbonyl (C=O) groups is 1. The van der Waals surface area contributed by atoms with Crippen molar-refractivity contribution in [2.75, 3.05) is 19.7 Å². The molecule has 0 aromatic heterocycles. The molecule has 1 aliphatic rings. The minimum atomic E-state index is -2.51. The average Bonchev–Trinajstić information content (AvgIpc) is 2.73. The topological polar surface area (TPSA) is 47.6 Å². The normalized spacial score (nSPS) is 15.5. The Morgan fingerprint density at radius 1 is 1.00 bits per heavy atom. The van der Waals surface area contributed by atoms with Crippen molar-refractivity contribution in [2.24, 2.45) is 0 Å². The zero-order valence-electron chi connectivity index (χ0n) is 15.7. The molecule has 0 saturated carbocycles. The minimum Gasteiger partial charge on any atom is -0.460 e. The molecule has 0 unspecified atom stereocenters. The molecule has 4 nitrogen and oxygen atoms in total. The standard InChI is InChI=1S/C22H25F2NO3/c23-20(24)13-16-27-22(17-7-3-1-4-8-17,18-9-5-2-6-10-18)21(26)28-19-11-14-25-15-12-19/h1-10,19-20,25H,11-16H2. The van der Waals surface area contributed by atoms with Crippen LogP contribution in [0.3, 0.4) is 0 Å². The van der Waals surface area contributed by atoms with Crippen LogP contribution in [0.15, 0.2) is 60.7 Å². The van der Waals surface area contributed by atoms with Gasteiger partial charge < -0.3 is 14.8 Å². The van der Waals surface area contributed by atoms with E-state index in [-0.39, 0.29) is 12.7 Å². The molecule has 0 spiro atoms. The van der Waals surface area contributed by atoms with Crippen molar-refractivity contribution in [3.63, 3.8) is 0 Å².